The van der Waals surface area contributed by atoms with Crippen LogP contribution < -0.4 is 15.2 Å². The van der Waals surface area contributed by atoms with Crippen molar-refractivity contribution in [3.05, 3.63) is 44.5 Å². The predicted molar refractivity (Wildman–Crippen MR) is 130 cm³/mol. The molecule has 0 aliphatic carbocycles. The highest BCUT2D eigenvalue weighted by Gasteiger charge is 2.23. The molecule has 11 heteroatoms. The first-order chi connectivity index (χ1) is 15.9. The number of hydrogen-bond donors (Lipinski definition) is 2. The minimum Gasteiger partial charge on any atom is -0.480 e. The van der Waals surface area contributed by atoms with Gasteiger partial charge in [-0.15, -0.1) is 11.3 Å². The number of anilines is 1. The third-order valence-electron chi connectivity index (χ3n) is 5.95. The summed E-state index contributed by atoms with van der Waals surface area (Å²) >= 11 is 1.52. The van der Waals surface area contributed by atoms with Gasteiger partial charge in [-0.05, 0) is 50.3 Å². The molecule has 4 rings (SSSR count). The quantitative estimate of drug-likeness (QED) is 0.486. The lowest BCUT2D eigenvalue weighted by atomic mass is 9.94. The van der Waals surface area contributed by atoms with Crippen molar-refractivity contribution in [3.63, 3.8) is 0 Å². The smallest absolute Gasteiger partial charge is 0.287 e. The summed E-state index contributed by atoms with van der Waals surface area (Å²) in [6, 6.07) is 5.64. The molecule has 0 atom stereocenters. The fraction of sp³-hybridized carbons (Fsp3) is 0.455. The first-order valence-electron chi connectivity index (χ1n) is 10.8. The third kappa shape index (κ3) is 5.41. The Labute approximate surface area is 196 Å². The molecule has 3 aromatic rings. The summed E-state index contributed by atoms with van der Waals surface area (Å²) < 4.78 is 6.33. The molecule has 0 unspecified atom stereocenters. The molecule has 1 saturated heterocycles. The fourth-order valence-corrected chi connectivity index (χ4v) is 5.64. The van der Waals surface area contributed by atoms with Crippen LogP contribution in [0, 0.1) is 12.8 Å². The van der Waals surface area contributed by atoms with Gasteiger partial charge in [0.25, 0.3) is 11.5 Å². The number of aromatic nitrogens is 3. The van der Waals surface area contributed by atoms with Crippen LogP contribution in [0.25, 0.3) is 10.8 Å². The molecule has 0 bridgehead atoms. The molecular weight excluding hydrogens is 463 g/mol. The monoisotopic (exact) mass is 490 g/mol. The number of thiophene rings is 1. The molecule has 2 N–H and O–H groups in total. The van der Waals surface area contributed by atoms with E-state index in [0.29, 0.717) is 23.3 Å². The Morgan fingerprint density at radius 1 is 1.30 bits per heavy atom. The summed E-state index contributed by atoms with van der Waals surface area (Å²) in [6.45, 7) is 3.53. The van der Waals surface area contributed by atoms with Crippen molar-refractivity contribution in [2.45, 2.75) is 32.6 Å². The van der Waals surface area contributed by atoms with Gasteiger partial charge in [0.2, 0.25) is 5.88 Å². The number of carbonyl (C=O) groups excluding carboxylic acids is 1. The average molecular weight is 491 g/mol. The lowest BCUT2D eigenvalue weighted by molar-refractivity contribution is 0.0893. The Morgan fingerprint density at radius 2 is 2.06 bits per heavy atom. The van der Waals surface area contributed by atoms with E-state index >= 15 is 0 Å². The third-order valence-corrected chi connectivity index (χ3v) is 7.61. The average Bonchev–Trinajstić information content (AvgIpc) is 3.21. The molecule has 0 spiro atoms. The first-order valence-corrected chi connectivity index (χ1v) is 13.1. The second-order valence-corrected chi connectivity index (χ2v) is 10.8. The number of ether oxygens (including phenoxy) is 1. The van der Waals surface area contributed by atoms with E-state index in [9.17, 15) is 9.59 Å². The predicted octanol–water partition coefficient (Wildman–Crippen LogP) is 2.96. The van der Waals surface area contributed by atoms with Crippen LogP contribution in [-0.4, -0.2) is 56.8 Å². The van der Waals surface area contributed by atoms with E-state index in [0.717, 1.165) is 46.8 Å². The van der Waals surface area contributed by atoms with Crippen molar-refractivity contribution in [3.8, 4) is 5.88 Å². The van der Waals surface area contributed by atoms with Crippen LogP contribution in [0.15, 0.2) is 29.2 Å². The van der Waals surface area contributed by atoms with Crippen LogP contribution in [-0.2, 0) is 6.42 Å². The Hall–Kier alpha value is -2.39. The lowest BCUT2D eigenvalue weighted by Gasteiger charge is -2.33. The molecule has 0 saturated carbocycles. The number of aryl methyl sites for hydroxylation is 1. The van der Waals surface area contributed by atoms with Gasteiger partial charge in [-0.25, -0.2) is 0 Å². The van der Waals surface area contributed by atoms with Gasteiger partial charge in [-0.3, -0.25) is 9.59 Å². The molecule has 1 aliphatic rings. The molecule has 1 aliphatic heterocycles. The lowest BCUT2D eigenvalue weighted by Crippen LogP contribution is -2.35. The summed E-state index contributed by atoms with van der Waals surface area (Å²) in [4.78, 5) is 52.8. The van der Waals surface area contributed by atoms with Crippen LogP contribution in [0.1, 0.15) is 33.8 Å². The number of rotatable bonds is 7. The maximum absolute atomic E-state index is 13.1. The van der Waals surface area contributed by atoms with Crippen LogP contribution in [0.3, 0.4) is 0 Å². The Balaban J connectivity index is 1.57. The van der Waals surface area contributed by atoms with Crippen LogP contribution in [0.4, 0.5) is 5.82 Å². The van der Waals surface area contributed by atoms with E-state index in [1.54, 1.807) is 0 Å². The molecular formula is C22H27N4O5PS. The SMILES string of the molecule is COc1nc(N2CCC(CCP(O)O)CC2)cc2cnn(C(=O)Cc3ccc(C)s3)c(=O)c12. The molecule has 1 fully saturated rings. The summed E-state index contributed by atoms with van der Waals surface area (Å²) in [5, 5.41) is 4.95. The number of carbonyl (C=O) groups is 1. The normalized spacial score (nSPS) is 14.9. The molecule has 0 radical (unpaired) electrons. The number of pyridine rings is 1. The van der Waals surface area contributed by atoms with E-state index in [1.807, 2.05) is 25.1 Å². The van der Waals surface area contributed by atoms with Crippen molar-refractivity contribution < 1.29 is 19.3 Å². The van der Waals surface area contributed by atoms with Crippen LogP contribution in [0.5, 0.6) is 5.88 Å². The maximum Gasteiger partial charge on any atom is 0.287 e. The van der Waals surface area contributed by atoms with Crippen molar-refractivity contribution in [1.82, 2.24) is 14.8 Å². The van der Waals surface area contributed by atoms with E-state index in [1.165, 1.54) is 24.6 Å². The number of methoxy groups -OCH3 is 1. The molecule has 4 heterocycles. The molecule has 9 nitrogen and oxygen atoms in total. The van der Waals surface area contributed by atoms with Gasteiger partial charge in [0.1, 0.15) is 11.2 Å². The minimum atomic E-state index is -1.84. The highest BCUT2D eigenvalue weighted by molar-refractivity contribution is 7.45. The molecule has 3 aromatic heterocycles. The van der Waals surface area contributed by atoms with E-state index in [4.69, 9.17) is 14.5 Å². The second kappa shape index (κ2) is 10.3. The Morgan fingerprint density at radius 3 is 2.70 bits per heavy atom. The maximum atomic E-state index is 13.1. The van der Waals surface area contributed by atoms with Gasteiger partial charge in [-0.1, -0.05) is 0 Å². The van der Waals surface area contributed by atoms with Gasteiger partial charge in [-0.2, -0.15) is 14.8 Å². The molecule has 0 amide bonds. The molecule has 33 heavy (non-hydrogen) atoms. The van der Waals surface area contributed by atoms with E-state index in [2.05, 4.69) is 15.0 Å². The van der Waals surface area contributed by atoms with E-state index < -0.39 is 19.8 Å². The van der Waals surface area contributed by atoms with Crippen molar-refractivity contribution in [2.24, 2.45) is 5.92 Å². The topological polar surface area (TPSA) is 118 Å². The zero-order valence-electron chi connectivity index (χ0n) is 18.6. The second-order valence-electron chi connectivity index (χ2n) is 8.21. The van der Waals surface area contributed by atoms with Gasteiger partial charge in [0.05, 0.1) is 19.7 Å². The summed E-state index contributed by atoms with van der Waals surface area (Å²) in [5.41, 5.74) is -0.537. The van der Waals surface area contributed by atoms with Gasteiger partial charge in [0.15, 0.2) is 8.38 Å². The number of nitrogens with zero attached hydrogens (tertiary/aromatic N) is 4. The number of hydrogen-bond acceptors (Lipinski definition) is 9. The number of piperidine rings is 1. The van der Waals surface area contributed by atoms with Gasteiger partial charge >= 0.3 is 0 Å². The van der Waals surface area contributed by atoms with Crippen molar-refractivity contribution >= 4 is 42.2 Å². The number of fused-ring (bicyclic) bond motifs is 1. The largest absolute Gasteiger partial charge is 0.480 e. The zero-order valence-corrected chi connectivity index (χ0v) is 20.3. The summed E-state index contributed by atoms with van der Waals surface area (Å²) in [7, 11) is -0.377. The van der Waals surface area contributed by atoms with Crippen LogP contribution >= 0.6 is 19.7 Å². The summed E-state index contributed by atoms with van der Waals surface area (Å²) in [6.07, 6.45) is 4.74. The summed E-state index contributed by atoms with van der Waals surface area (Å²) in [5.74, 6) is 0.937. The highest BCUT2D eigenvalue weighted by atomic mass is 32.1. The Bertz CT molecular complexity index is 1200. The standard InChI is InChI=1S/C22H27N4O5PS/c1-14-3-4-17(33-14)12-19(27)26-22(28)20-16(13-23-26)11-18(24-21(20)31-2)25-8-5-15(6-9-25)7-10-32(29)30/h3-4,11,13,15,29-30H,5-10,12H2,1-2H3. The molecule has 0 aromatic carbocycles. The van der Waals surface area contributed by atoms with E-state index in [-0.39, 0.29) is 17.7 Å². The Kier molecular flexibility index (Phi) is 7.38. The van der Waals surface area contributed by atoms with Crippen LogP contribution in [0.2, 0.25) is 0 Å². The first kappa shape index (κ1) is 23.8. The highest BCUT2D eigenvalue weighted by Crippen LogP contribution is 2.32. The zero-order chi connectivity index (χ0) is 23.5. The fourth-order valence-electron chi connectivity index (χ4n) is 4.16. The minimum absolute atomic E-state index is 0.105. The van der Waals surface area contributed by atoms with Crippen molar-refractivity contribution in [2.75, 3.05) is 31.3 Å². The van der Waals surface area contributed by atoms with Crippen molar-refractivity contribution in [1.29, 1.82) is 0 Å². The van der Waals surface area contributed by atoms with Gasteiger partial charge in [0, 0.05) is 34.4 Å². The molecule has 176 valence electrons. The van der Waals surface area contributed by atoms with Gasteiger partial charge < -0.3 is 19.4 Å².